The topological polar surface area (TPSA) is 30.5 Å². The van der Waals surface area contributed by atoms with Gasteiger partial charge in [-0.3, -0.25) is 0 Å². The molecule has 1 aromatic rings. The van der Waals surface area contributed by atoms with E-state index in [1.807, 2.05) is 24.3 Å². The molecule has 0 saturated carbocycles. The summed E-state index contributed by atoms with van der Waals surface area (Å²) in [5.41, 5.74) is 0. The van der Waals surface area contributed by atoms with Gasteiger partial charge in [0.25, 0.3) is 0 Å². The highest BCUT2D eigenvalue weighted by molar-refractivity contribution is 6.30. The normalized spacial score (nSPS) is 20.7. The smallest absolute Gasteiger partial charge is 0.120 e. The first-order valence-electron chi connectivity index (χ1n) is 5.55. The summed E-state index contributed by atoms with van der Waals surface area (Å²) in [4.78, 5) is 0. The summed E-state index contributed by atoms with van der Waals surface area (Å²) >= 11 is 5.86. The standard InChI is InChI=1S/C12H16ClNO2/c13-10-2-1-3-11(8-10)15-6-4-12-9-14-5-7-16-12/h1-3,8,12,14H,4-7,9H2. The Bertz CT molecular complexity index is 327. The molecule has 3 nitrogen and oxygen atoms in total. The Morgan fingerprint density at radius 1 is 1.50 bits per heavy atom. The van der Waals surface area contributed by atoms with E-state index in [0.717, 1.165) is 31.9 Å². The second-order valence-electron chi connectivity index (χ2n) is 3.79. The first-order valence-corrected chi connectivity index (χ1v) is 5.93. The summed E-state index contributed by atoms with van der Waals surface area (Å²) in [6.45, 7) is 3.32. The lowest BCUT2D eigenvalue weighted by molar-refractivity contribution is 0.0159. The molecule has 1 aromatic carbocycles. The van der Waals surface area contributed by atoms with Crippen molar-refractivity contribution in [3.63, 3.8) is 0 Å². The van der Waals surface area contributed by atoms with Crippen molar-refractivity contribution in [3.8, 4) is 5.75 Å². The molecule has 0 aromatic heterocycles. The molecule has 0 radical (unpaired) electrons. The maximum absolute atomic E-state index is 5.86. The third kappa shape index (κ3) is 3.67. The van der Waals surface area contributed by atoms with Crippen LogP contribution in [0, 0.1) is 0 Å². The van der Waals surface area contributed by atoms with E-state index in [9.17, 15) is 0 Å². The maximum Gasteiger partial charge on any atom is 0.120 e. The van der Waals surface area contributed by atoms with Gasteiger partial charge in [-0.1, -0.05) is 17.7 Å². The van der Waals surface area contributed by atoms with Gasteiger partial charge in [0, 0.05) is 24.5 Å². The SMILES string of the molecule is Clc1cccc(OCCC2CNCCO2)c1. The van der Waals surface area contributed by atoms with Gasteiger partial charge < -0.3 is 14.8 Å². The van der Waals surface area contributed by atoms with E-state index in [4.69, 9.17) is 21.1 Å². The van der Waals surface area contributed by atoms with Crippen molar-refractivity contribution in [2.75, 3.05) is 26.3 Å². The van der Waals surface area contributed by atoms with E-state index >= 15 is 0 Å². The van der Waals surface area contributed by atoms with Crippen LogP contribution in [0.15, 0.2) is 24.3 Å². The van der Waals surface area contributed by atoms with Crippen molar-refractivity contribution < 1.29 is 9.47 Å². The third-order valence-corrected chi connectivity index (χ3v) is 2.74. The Balaban J connectivity index is 1.71. The summed E-state index contributed by atoms with van der Waals surface area (Å²) in [6.07, 6.45) is 1.17. The van der Waals surface area contributed by atoms with Crippen LogP contribution in [0.25, 0.3) is 0 Å². The summed E-state index contributed by atoms with van der Waals surface area (Å²) < 4.78 is 11.2. The number of nitrogens with one attached hydrogen (secondary N) is 1. The second-order valence-corrected chi connectivity index (χ2v) is 4.23. The molecular weight excluding hydrogens is 226 g/mol. The molecule has 1 unspecified atom stereocenters. The molecule has 0 spiro atoms. The van der Waals surface area contributed by atoms with Crippen molar-refractivity contribution in [2.24, 2.45) is 0 Å². The molecule has 1 atom stereocenters. The Morgan fingerprint density at radius 3 is 3.19 bits per heavy atom. The molecule has 1 heterocycles. The average Bonchev–Trinajstić information content (AvgIpc) is 2.30. The summed E-state index contributed by atoms with van der Waals surface area (Å²) in [5.74, 6) is 0.816. The highest BCUT2D eigenvalue weighted by Gasteiger charge is 2.12. The van der Waals surface area contributed by atoms with Gasteiger partial charge >= 0.3 is 0 Å². The molecule has 4 heteroatoms. The minimum Gasteiger partial charge on any atom is -0.493 e. The van der Waals surface area contributed by atoms with E-state index in [-0.39, 0.29) is 6.10 Å². The van der Waals surface area contributed by atoms with Gasteiger partial charge in [0.05, 0.1) is 19.3 Å². The summed E-state index contributed by atoms with van der Waals surface area (Å²) in [5, 5.41) is 3.99. The number of hydrogen-bond acceptors (Lipinski definition) is 3. The van der Waals surface area contributed by atoms with Crippen LogP contribution in [0.5, 0.6) is 5.75 Å². The Kier molecular flexibility index (Phi) is 4.45. The highest BCUT2D eigenvalue weighted by Crippen LogP contribution is 2.17. The lowest BCUT2D eigenvalue weighted by Gasteiger charge is -2.23. The number of ether oxygens (including phenoxy) is 2. The second kappa shape index (κ2) is 6.09. The zero-order valence-electron chi connectivity index (χ0n) is 9.12. The molecule has 88 valence electrons. The van der Waals surface area contributed by atoms with E-state index in [2.05, 4.69) is 5.32 Å². The van der Waals surface area contributed by atoms with Gasteiger partial charge in [0.1, 0.15) is 5.75 Å². The van der Waals surface area contributed by atoms with Gasteiger partial charge in [0.2, 0.25) is 0 Å². The molecule has 16 heavy (non-hydrogen) atoms. The quantitative estimate of drug-likeness (QED) is 0.876. The fourth-order valence-electron chi connectivity index (χ4n) is 1.67. The van der Waals surface area contributed by atoms with Crippen LogP contribution in [-0.2, 0) is 4.74 Å². The van der Waals surface area contributed by atoms with E-state index in [1.165, 1.54) is 0 Å². The van der Waals surface area contributed by atoms with Crippen molar-refractivity contribution >= 4 is 11.6 Å². The number of benzene rings is 1. The molecule has 0 aliphatic carbocycles. The fraction of sp³-hybridized carbons (Fsp3) is 0.500. The van der Waals surface area contributed by atoms with Crippen LogP contribution in [0.1, 0.15) is 6.42 Å². The van der Waals surface area contributed by atoms with Crippen LogP contribution >= 0.6 is 11.6 Å². The maximum atomic E-state index is 5.86. The van der Waals surface area contributed by atoms with Crippen LogP contribution in [0.3, 0.4) is 0 Å². The predicted molar refractivity (Wildman–Crippen MR) is 64.2 cm³/mol. The molecule has 1 aliphatic heterocycles. The lowest BCUT2D eigenvalue weighted by atomic mass is 10.2. The minimum absolute atomic E-state index is 0.271. The number of hydrogen-bond donors (Lipinski definition) is 1. The largest absolute Gasteiger partial charge is 0.493 e. The zero-order valence-corrected chi connectivity index (χ0v) is 9.87. The molecule has 1 saturated heterocycles. The molecule has 2 rings (SSSR count). The number of halogens is 1. The van der Waals surface area contributed by atoms with Gasteiger partial charge in [-0.25, -0.2) is 0 Å². The Hall–Kier alpha value is -0.770. The van der Waals surface area contributed by atoms with Gasteiger partial charge in [-0.05, 0) is 18.2 Å². The number of rotatable bonds is 4. The first kappa shape index (κ1) is 11.7. The van der Waals surface area contributed by atoms with Crippen LogP contribution in [-0.4, -0.2) is 32.4 Å². The summed E-state index contributed by atoms with van der Waals surface area (Å²) in [6, 6.07) is 7.45. The molecule has 0 amide bonds. The van der Waals surface area contributed by atoms with E-state index in [1.54, 1.807) is 0 Å². The minimum atomic E-state index is 0.271. The van der Waals surface area contributed by atoms with Gasteiger partial charge in [-0.2, -0.15) is 0 Å². The van der Waals surface area contributed by atoms with Crippen LogP contribution < -0.4 is 10.1 Å². The molecular formula is C12H16ClNO2. The van der Waals surface area contributed by atoms with Crippen molar-refractivity contribution in [1.29, 1.82) is 0 Å². The third-order valence-electron chi connectivity index (χ3n) is 2.51. The van der Waals surface area contributed by atoms with E-state index < -0.39 is 0 Å². The van der Waals surface area contributed by atoms with Gasteiger partial charge in [0.15, 0.2) is 0 Å². The average molecular weight is 242 g/mol. The molecule has 1 N–H and O–H groups in total. The fourth-order valence-corrected chi connectivity index (χ4v) is 1.85. The van der Waals surface area contributed by atoms with Crippen molar-refractivity contribution in [3.05, 3.63) is 29.3 Å². The highest BCUT2D eigenvalue weighted by atomic mass is 35.5. The van der Waals surface area contributed by atoms with Crippen LogP contribution in [0.2, 0.25) is 5.02 Å². The summed E-state index contributed by atoms with van der Waals surface area (Å²) in [7, 11) is 0. The predicted octanol–water partition coefficient (Wildman–Crippen LogP) is 2.10. The lowest BCUT2D eigenvalue weighted by Crippen LogP contribution is -2.39. The Morgan fingerprint density at radius 2 is 2.44 bits per heavy atom. The zero-order chi connectivity index (χ0) is 11.2. The molecule has 1 fully saturated rings. The first-order chi connectivity index (χ1) is 7.84. The van der Waals surface area contributed by atoms with E-state index in [0.29, 0.717) is 11.6 Å². The number of morpholine rings is 1. The Labute approximate surface area is 101 Å². The van der Waals surface area contributed by atoms with Gasteiger partial charge in [-0.15, -0.1) is 0 Å². The molecule has 1 aliphatic rings. The molecule has 0 bridgehead atoms. The monoisotopic (exact) mass is 241 g/mol. The van der Waals surface area contributed by atoms with Crippen molar-refractivity contribution in [2.45, 2.75) is 12.5 Å². The van der Waals surface area contributed by atoms with Crippen molar-refractivity contribution in [1.82, 2.24) is 5.32 Å². The van der Waals surface area contributed by atoms with Crippen LogP contribution in [0.4, 0.5) is 0 Å².